The molecule has 1 aromatic heterocycles. The number of carbonyl (C=O) groups excluding carboxylic acids is 1. The molecule has 1 amide bonds. The molecule has 0 radical (unpaired) electrons. The molecule has 2 aliphatic rings. The van der Waals surface area contributed by atoms with Crippen molar-refractivity contribution in [3.05, 3.63) is 59.0 Å². The number of ether oxygens (including phenoxy) is 2. The first-order valence-corrected chi connectivity index (χ1v) is 9.94. The Morgan fingerprint density at radius 2 is 1.83 bits per heavy atom. The van der Waals surface area contributed by atoms with Crippen molar-refractivity contribution in [2.24, 2.45) is 0 Å². The Morgan fingerprint density at radius 3 is 2.55 bits per heavy atom. The standard InChI is InChI=1S/C21H16N2O5S/c24-18(25)13-3-1-12(2-4-13)15-10-29-20(22-15)23-19(26)21(7-8-21)14-5-6-16-17(9-14)28-11-27-16/h1-6,9-10H,7-8,11H2,(H,24,25)(H,22,23,26). The highest BCUT2D eigenvalue weighted by Crippen LogP contribution is 2.51. The molecule has 146 valence electrons. The van der Waals surface area contributed by atoms with Crippen LogP contribution in [0.25, 0.3) is 11.3 Å². The normalized spacial score (nSPS) is 15.7. The van der Waals surface area contributed by atoms with Crippen LogP contribution in [0.3, 0.4) is 0 Å². The summed E-state index contributed by atoms with van der Waals surface area (Å²) < 4.78 is 10.8. The maximum Gasteiger partial charge on any atom is 0.335 e. The molecular weight excluding hydrogens is 392 g/mol. The van der Waals surface area contributed by atoms with Crippen LogP contribution in [0.1, 0.15) is 28.8 Å². The second-order valence-electron chi connectivity index (χ2n) is 7.02. The van der Waals surface area contributed by atoms with Crippen LogP contribution in [-0.4, -0.2) is 28.8 Å². The Bertz CT molecular complexity index is 1120. The lowest BCUT2D eigenvalue weighted by atomic mass is 9.94. The number of carboxylic acids is 1. The van der Waals surface area contributed by atoms with E-state index in [9.17, 15) is 9.59 Å². The third kappa shape index (κ3) is 3.11. The largest absolute Gasteiger partial charge is 0.478 e. The fraction of sp³-hybridized carbons (Fsp3) is 0.190. The fourth-order valence-corrected chi connectivity index (χ4v) is 4.14. The van der Waals surface area contributed by atoms with Crippen molar-refractivity contribution in [1.82, 2.24) is 4.98 Å². The molecule has 3 aromatic rings. The van der Waals surface area contributed by atoms with Gasteiger partial charge in [0.15, 0.2) is 16.6 Å². The van der Waals surface area contributed by atoms with Gasteiger partial charge >= 0.3 is 5.97 Å². The molecule has 7 nitrogen and oxygen atoms in total. The van der Waals surface area contributed by atoms with Crippen molar-refractivity contribution in [2.45, 2.75) is 18.3 Å². The average Bonchev–Trinajstić information content (AvgIpc) is 3.18. The molecular formula is C21H16N2O5S. The summed E-state index contributed by atoms with van der Waals surface area (Å²) in [5.74, 6) is 0.311. The Balaban J connectivity index is 1.33. The molecule has 1 aliphatic heterocycles. The highest BCUT2D eigenvalue weighted by molar-refractivity contribution is 7.14. The number of nitrogens with one attached hydrogen (secondary N) is 1. The summed E-state index contributed by atoms with van der Waals surface area (Å²) in [6, 6.07) is 12.1. The van der Waals surface area contributed by atoms with Crippen molar-refractivity contribution in [3.8, 4) is 22.8 Å². The number of rotatable bonds is 5. The predicted octanol–water partition coefficient (Wildman–Crippen LogP) is 3.91. The fourth-order valence-electron chi connectivity index (χ4n) is 3.43. The first-order valence-electron chi connectivity index (χ1n) is 9.06. The molecule has 29 heavy (non-hydrogen) atoms. The highest BCUT2D eigenvalue weighted by atomic mass is 32.1. The Morgan fingerprint density at radius 1 is 1.07 bits per heavy atom. The number of aromatic nitrogens is 1. The summed E-state index contributed by atoms with van der Waals surface area (Å²) in [6.07, 6.45) is 1.54. The van der Waals surface area contributed by atoms with E-state index in [1.807, 2.05) is 23.6 Å². The van der Waals surface area contributed by atoms with E-state index < -0.39 is 11.4 Å². The lowest BCUT2D eigenvalue weighted by molar-refractivity contribution is -0.118. The van der Waals surface area contributed by atoms with Gasteiger partial charge in [-0.05, 0) is 42.7 Å². The van der Waals surface area contributed by atoms with Crippen molar-refractivity contribution in [1.29, 1.82) is 0 Å². The smallest absolute Gasteiger partial charge is 0.335 e. The van der Waals surface area contributed by atoms with Crippen LogP contribution >= 0.6 is 11.3 Å². The lowest BCUT2D eigenvalue weighted by Crippen LogP contribution is -2.27. The molecule has 0 saturated heterocycles. The number of hydrogen-bond acceptors (Lipinski definition) is 6. The van der Waals surface area contributed by atoms with Gasteiger partial charge in [0, 0.05) is 10.9 Å². The zero-order valence-corrected chi connectivity index (χ0v) is 16.0. The second kappa shape index (κ2) is 6.59. The van der Waals surface area contributed by atoms with Crippen LogP contribution in [0.4, 0.5) is 5.13 Å². The number of fused-ring (bicyclic) bond motifs is 1. The SMILES string of the molecule is O=C(O)c1ccc(-c2csc(NC(=O)C3(c4ccc5c(c4)OCO5)CC3)n2)cc1. The Labute approximate surface area is 169 Å². The van der Waals surface area contributed by atoms with E-state index in [4.69, 9.17) is 14.6 Å². The Kier molecular flexibility index (Phi) is 4.02. The molecule has 1 fully saturated rings. The van der Waals surface area contributed by atoms with E-state index in [0.717, 1.165) is 24.0 Å². The minimum absolute atomic E-state index is 0.0847. The van der Waals surface area contributed by atoms with Crippen LogP contribution in [0.2, 0.25) is 0 Å². The molecule has 2 N–H and O–H groups in total. The highest BCUT2D eigenvalue weighted by Gasteiger charge is 2.52. The van der Waals surface area contributed by atoms with Gasteiger partial charge in [0.1, 0.15) is 0 Å². The Hall–Kier alpha value is -3.39. The van der Waals surface area contributed by atoms with Crippen molar-refractivity contribution in [3.63, 3.8) is 0 Å². The van der Waals surface area contributed by atoms with Gasteiger partial charge in [0.25, 0.3) is 0 Å². The number of thiazole rings is 1. The minimum Gasteiger partial charge on any atom is -0.478 e. The van der Waals surface area contributed by atoms with E-state index in [1.54, 1.807) is 12.1 Å². The number of carboxylic acid groups (broad SMARTS) is 1. The van der Waals surface area contributed by atoms with Gasteiger partial charge in [-0.15, -0.1) is 11.3 Å². The third-order valence-electron chi connectivity index (χ3n) is 5.26. The van der Waals surface area contributed by atoms with Crippen molar-refractivity contribution in [2.75, 3.05) is 12.1 Å². The number of aromatic carboxylic acids is 1. The van der Waals surface area contributed by atoms with Gasteiger partial charge in [-0.2, -0.15) is 0 Å². The van der Waals surface area contributed by atoms with Crippen LogP contribution < -0.4 is 14.8 Å². The first kappa shape index (κ1) is 17.7. The predicted molar refractivity (Wildman–Crippen MR) is 107 cm³/mol. The van der Waals surface area contributed by atoms with E-state index in [-0.39, 0.29) is 18.3 Å². The van der Waals surface area contributed by atoms with Crippen molar-refractivity contribution >= 4 is 28.3 Å². The van der Waals surface area contributed by atoms with Gasteiger partial charge in [-0.25, -0.2) is 9.78 Å². The lowest BCUT2D eigenvalue weighted by Gasteiger charge is -2.15. The van der Waals surface area contributed by atoms with Crippen LogP contribution in [0.5, 0.6) is 11.5 Å². The summed E-state index contributed by atoms with van der Waals surface area (Å²) in [7, 11) is 0. The summed E-state index contributed by atoms with van der Waals surface area (Å²) in [4.78, 5) is 28.4. The summed E-state index contributed by atoms with van der Waals surface area (Å²) in [5, 5.41) is 14.3. The van der Waals surface area contributed by atoms with Gasteiger partial charge in [-0.1, -0.05) is 18.2 Å². The zero-order valence-electron chi connectivity index (χ0n) is 15.2. The van der Waals surface area contributed by atoms with Gasteiger partial charge in [0.05, 0.1) is 16.7 Å². The molecule has 2 heterocycles. The molecule has 1 saturated carbocycles. The van der Waals surface area contributed by atoms with Crippen molar-refractivity contribution < 1.29 is 24.2 Å². The quantitative estimate of drug-likeness (QED) is 0.664. The first-order chi connectivity index (χ1) is 14.0. The molecule has 0 bridgehead atoms. The van der Waals surface area contributed by atoms with Crippen LogP contribution in [0, 0.1) is 0 Å². The number of carbonyl (C=O) groups is 2. The summed E-state index contributed by atoms with van der Waals surface area (Å²) in [5.41, 5.74) is 2.06. The van der Waals surface area contributed by atoms with Crippen LogP contribution in [-0.2, 0) is 10.2 Å². The topological polar surface area (TPSA) is 97.8 Å². The van der Waals surface area contributed by atoms with E-state index in [2.05, 4.69) is 10.3 Å². The summed E-state index contributed by atoms with van der Waals surface area (Å²) >= 11 is 1.34. The third-order valence-corrected chi connectivity index (χ3v) is 6.02. The van der Waals surface area contributed by atoms with E-state index in [1.165, 1.54) is 23.5 Å². The number of anilines is 1. The number of amides is 1. The molecule has 8 heteroatoms. The average molecular weight is 408 g/mol. The van der Waals surface area contributed by atoms with E-state index >= 15 is 0 Å². The van der Waals surface area contributed by atoms with E-state index in [0.29, 0.717) is 22.3 Å². The molecule has 0 unspecified atom stereocenters. The van der Waals surface area contributed by atoms with Gasteiger partial charge in [-0.3, -0.25) is 4.79 Å². The maximum absolute atomic E-state index is 13.0. The van der Waals surface area contributed by atoms with Crippen LogP contribution in [0.15, 0.2) is 47.8 Å². The van der Waals surface area contributed by atoms with Gasteiger partial charge in [0.2, 0.25) is 12.7 Å². The molecule has 0 spiro atoms. The molecule has 2 aromatic carbocycles. The summed E-state index contributed by atoms with van der Waals surface area (Å²) in [6.45, 7) is 0.202. The number of hydrogen-bond donors (Lipinski definition) is 2. The molecule has 1 aliphatic carbocycles. The number of benzene rings is 2. The maximum atomic E-state index is 13.0. The number of nitrogens with zero attached hydrogens (tertiary/aromatic N) is 1. The molecule has 0 atom stereocenters. The monoisotopic (exact) mass is 408 g/mol. The van der Waals surface area contributed by atoms with Gasteiger partial charge < -0.3 is 19.9 Å². The second-order valence-corrected chi connectivity index (χ2v) is 7.88. The zero-order chi connectivity index (χ0) is 20.0. The molecule has 5 rings (SSSR count). The minimum atomic E-state index is -0.971.